The molecule has 8 heteroatoms. The van der Waals surface area contributed by atoms with Gasteiger partial charge in [0.2, 0.25) is 11.9 Å². The number of hydrogen-bond acceptors (Lipinski definition) is 6. The van der Waals surface area contributed by atoms with Crippen molar-refractivity contribution < 1.29 is 23.8 Å². The number of ether oxygens (including phenoxy) is 3. The zero-order chi connectivity index (χ0) is 22.7. The van der Waals surface area contributed by atoms with Crippen molar-refractivity contribution in [2.24, 2.45) is 5.92 Å². The number of benzene rings is 2. The van der Waals surface area contributed by atoms with Crippen LogP contribution in [0.1, 0.15) is 25.5 Å². The van der Waals surface area contributed by atoms with Gasteiger partial charge in [-0.25, -0.2) is 4.98 Å². The summed E-state index contributed by atoms with van der Waals surface area (Å²) in [4.78, 5) is 33.2. The van der Waals surface area contributed by atoms with Gasteiger partial charge in [-0.15, -0.1) is 0 Å². The van der Waals surface area contributed by atoms with Gasteiger partial charge < -0.3 is 18.8 Å². The monoisotopic (exact) mass is 437 g/mol. The summed E-state index contributed by atoms with van der Waals surface area (Å²) in [6, 6.07) is 14.5. The molecule has 0 saturated carbocycles. The van der Waals surface area contributed by atoms with E-state index < -0.39 is 17.9 Å². The number of rotatable bonds is 8. The lowest BCUT2D eigenvalue weighted by Gasteiger charge is -2.38. The fraction of sp³-hybridized carbons (Fsp3) is 0.375. The minimum absolute atomic E-state index is 0.179. The molecule has 168 valence electrons. The first-order chi connectivity index (χ1) is 15.6. The summed E-state index contributed by atoms with van der Waals surface area (Å²) < 4.78 is 18.4. The summed E-state index contributed by atoms with van der Waals surface area (Å²) >= 11 is 0. The highest BCUT2D eigenvalue weighted by Gasteiger charge is 2.48. The Bertz CT molecular complexity index is 1130. The van der Waals surface area contributed by atoms with E-state index in [9.17, 15) is 9.59 Å². The first-order valence-electron chi connectivity index (χ1n) is 10.8. The molecule has 0 bridgehead atoms. The molecule has 0 fully saturated rings. The summed E-state index contributed by atoms with van der Waals surface area (Å²) in [6.45, 7) is 4.85. The third-order valence-corrected chi connectivity index (χ3v) is 5.54. The highest BCUT2D eigenvalue weighted by atomic mass is 16.5. The Labute approximate surface area is 186 Å². The minimum atomic E-state index is -1.08. The van der Waals surface area contributed by atoms with E-state index in [0.717, 1.165) is 16.6 Å². The first kappa shape index (κ1) is 21.8. The summed E-state index contributed by atoms with van der Waals surface area (Å²) in [5.41, 5.74) is 2.29. The molecule has 4 rings (SSSR count). The van der Waals surface area contributed by atoms with E-state index in [1.807, 2.05) is 60.0 Å². The van der Waals surface area contributed by atoms with E-state index in [2.05, 4.69) is 0 Å². The zero-order valence-corrected chi connectivity index (χ0v) is 18.5. The van der Waals surface area contributed by atoms with Crippen LogP contribution in [0.25, 0.3) is 11.0 Å². The SMILES string of the molecule is CCOC(=O)[C@@H]1C(=O)N(CCOC)c2nc3ccccc3n2[C@@H]1c1ccccc1OCC. The van der Waals surface area contributed by atoms with Gasteiger partial charge in [-0.3, -0.25) is 14.5 Å². The van der Waals surface area contributed by atoms with Gasteiger partial charge in [-0.1, -0.05) is 30.3 Å². The lowest BCUT2D eigenvalue weighted by atomic mass is 9.89. The van der Waals surface area contributed by atoms with Gasteiger partial charge in [0.05, 0.1) is 43.4 Å². The van der Waals surface area contributed by atoms with E-state index in [1.54, 1.807) is 14.0 Å². The molecule has 8 nitrogen and oxygen atoms in total. The Morgan fingerprint density at radius 3 is 2.56 bits per heavy atom. The predicted molar refractivity (Wildman–Crippen MR) is 120 cm³/mol. The molecule has 2 heterocycles. The van der Waals surface area contributed by atoms with E-state index in [0.29, 0.717) is 24.9 Å². The van der Waals surface area contributed by atoms with Crippen molar-refractivity contribution in [1.82, 2.24) is 9.55 Å². The molecule has 1 aliphatic heterocycles. The topological polar surface area (TPSA) is 82.9 Å². The lowest BCUT2D eigenvalue weighted by molar-refractivity contribution is -0.153. The molecule has 2 atom stereocenters. The van der Waals surface area contributed by atoms with Crippen molar-refractivity contribution in [1.29, 1.82) is 0 Å². The molecule has 0 aliphatic carbocycles. The van der Waals surface area contributed by atoms with Crippen LogP contribution in [-0.2, 0) is 19.1 Å². The third kappa shape index (κ3) is 3.71. The quantitative estimate of drug-likeness (QED) is 0.398. The second-order valence-electron chi connectivity index (χ2n) is 7.40. The molecule has 1 aliphatic rings. The number of hydrogen-bond donors (Lipinski definition) is 0. The van der Waals surface area contributed by atoms with Crippen LogP contribution in [0.2, 0.25) is 0 Å². The van der Waals surface area contributed by atoms with Crippen molar-refractivity contribution in [3.8, 4) is 5.75 Å². The fourth-order valence-corrected chi connectivity index (χ4v) is 4.23. The molecule has 1 amide bonds. The van der Waals surface area contributed by atoms with Crippen LogP contribution in [0, 0.1) is 5.92 Å². The van der Waals surface area contributed by atoms with Crippen molar-refractivity contribution in [2.45, 2.75) is 19.9 Å². The van der Waals surface area contributed by atoms with Crippen LogP contribution in [0.15, 0.2) is 48.5 Å². The average Bonchev–Trinajstić information content (AvgIpc) is 3.18. The number of anilines is 1. The highest BCUT2D eigenvalue weighted by molar-refractivity contribution is 6.08. The summed E-state index contributed by atoms with van der Waals surface area (Å²) in [5.74, 6) is -0.918. The Morgan fingerprint density at radius 2 is 1.81 bits per heavy atom. The van der Waals surface area contributed by atoms with Gasteiger partial charge in [0.1, 0.15) is 5.75 Å². The van der Waals surface area contributed by atoms with Gasteiger partial charge in [0.25, 0.3) is 0 Å². The minimum Gasteiger partial charge on any atom is -0.494 e. The number of esters is 1. The molecule has 0 N–H and O–H groups in total. The standard InChI is InChI=1S/C24H27N3O5/c1-4-31-19-13-9-6-10-16(19)21-20(23(29)32-5-2)22(28)26(14-15-30-3)24-25-17-11-7-8-12-18(17)27(21)24/h6-13,20-21H,4-5,14-15H2,1-3H3/t20-,21+/m0/s1. The van der Waals surface area contributed by atoms with Crippen molar-refractivity contribution in [3.63, 3.8) is 0 Å². The molecule has 0 unspecified atom stereocenters. The highest BCUT2D eigenvalue weighted by Crippen LogP contribution is 2.43. The average molecular weight is 437 g/mol. The Kier molecular flexibility index (Phi) is 6.41. The maximum absolute atomic E-state index is 13.7. The van der Waals surface area contributed by atoms with Crippen LogP contribution in [0.5, 0.6) is 5.75 Å². The summed E-state index contributed by atoms with van der Waals surface area (Å²) in [6.07, 6.45) is 0. The summed E-state index contributed by atoms with van der Waals surface area (Å²) in [7, 11) is 1.57. The van der Waals surface area contributed by atoms with Crippen LogP contribution < -0.4 is 9.64 Å². The zero-order valence-electron chi connectivity index (χ0n) is 18.5. The van der Waals surface area contributed by atoms with Gasteiger partial charge in [0.15, 0.2) is 5.92 Å². The first-order valence-corrected chi connectivity index (χ1v) is 10.8. The van der Waals surface area contributed by atoms with Crippen LogP contribution in [-0.4, -0.2) is 54.9 Å². The van der Waals surface area contributed by atoms with Gasteiger partial charge in [-0.05, 0) is 32.0 Å². The molecular formula is C24H27N3O5. The molecule has 1 aromatic heterocycles. The number of nitrogens with zero attached hydrogens (tertiary/aromatic N) is 3. The maximum Gasteiger partial charge on any atom is 0.321 e. The number of carbonyl (C=O) groups is 2. The Morgan fingerprint density at radius 1 is 1.06 bits per heavy atom. The third-order valence-electron chi connectivity index (χ3n) is 5.54. The molecule has 32 heavy (non-hydrogen) atoms. The molecule has 0 spiro atoms. The van der Waals surface area contributed by atoms with Gasteiger partial charge in [0, 0.05) is 12.7 Å². The Balaban J connectivity index is 2.00. The second-order valence-corrected chi connectivity index (χ2v) is 7.40. The molecule has 0 radical (unpaired) electrons. The fourth-order valence-electron chi connectivity index (χ4n) is 4.23. The summed E-state index contributed by atoms with van der Waals surface area (Å²) in [5, 5.41) is 0. The molecule has 3 aromatic rings. The maximum atomic E-state index is 13.7. The number of amides is 1. The van der Waals surface area contributed by atoms with E-state index in [1.165, 1.54) is 4.90 Å². The second kappa shape index (κ2) is 9.40. The number of fused-ring (bicyclic) bond motifs is 3. The Hall–Kier alpha value is -3.39. The largest absolute Gasteiger partial charge is 0.494 e. The molecular weight excluding hydrogens is 410 g/mol. The van der Waals surface area contributed by atoms with Crippen LogP contribution >= 0.6 is 0 Å². The van der Waals surface area contributed by atoms with Gasteiger partial charge >= 0.3 is 5.97 Å². The van der Waals surface area contributed by atoms with E-state index in [-0.39, 0.29) is 19.1 Å². The number of imidazole rings is 1. The lowest BCUT2D eigenvalue weighted by Crippen LogP contribution is -2.51. The van der Waals surface area contributed by atoms with Crippen LogP contribution in [0.4, 0.5) is 5.95 Å². The smallest absolute Gasteiger partial charge is 0.321 e. The van der Waals surface area contributed by atoms with E-state index >= 15 is 0 Å². The number of para-hydroxylation sites is 3. The van der Waals surface area contributed by atoms with Crippen LogP contribution in [0.3, 0.4) is 0 Å². The van der Waals surface area contributed by atoms with Gasteiger partial charge in [-0.2, -0.15) is 0 Å². The molecule has 0 saturated heterocycles. The number of aromatic nitrogens is 2. The van der Waals surface area contributed by atoms with Crippen molar-refractivity contribution in [3.05, 3.63) is 54.1 Å². The van der Waals surface area contributed by atoms with Crippen molar-refractivity contribution in [2.75, 3.05) is 38.4 Å². The number of carbonyl (C=O) groups excluding carboxylic acids is 2. The van der Waals surface area contributed by atoms with Crippen molar-refractivity contribution >= 4 is 28.9 Å². The molecule has 2 aromatic carbocycles. The van der Waals surface area contributed by atoms with E-state index in [4.69, 9.17) is 19.2 Å². The normalized spacial score (nSPS) is 18.0. The predicted octanol–water partition coefficient (Wildman–Crippen LogP) is 3.20. The number of methoxy groups -OCH3 is 1.